The summed E-state index contributed by atoms with van der Waals surface area (Å²) in [5.41, 5.74) is 0.728. The van der Waals surface area contributed by atoms with Gasteiger partial charge in [-0.3, -0.25) is 24.6 Å². The molecule has 1 fully saturated rings. The van der Waals surface area contributed by atoms with Gasteiger partial charge in [-0.15, -0.1) is 0 Å². The quantitative estimate of drug-likeness (QED) is 0.109. The second-order valence-corrected chi connectivity index (χ2v) is 9.58. The van der Waals surface area contributed by atoms with Crippen LogP contribution in [0, 0.1) is 10.1 Å². The Hall–Kier alpha value is -3.47. The van der Waals surface area contributed by atoms with Crippen molar-refractivity contribution in [2.75, 3.05) is 0 Å². The lowest BCUT2D eigenvalue weighted by atomic mass is 10.1. The summed E-state index contributed by atoms with van der Waals surface area (Å²) in [5.74, 6) is -1.05. The van der Waals surface area contributed by atoms with Crippen LogP contribution in [0.5, 0.6) is 5.75 Å². The predicted molar refractivity (Wildman–Crippen MR) is 135 cm³/mol. The van der Waals surface area contributed by atoms with Crippen molar-refractivity contribution in [3.05, 3.63) is 108 Å². The highest BCUT2D eigenvalue weighted by atomic mass is 79.9. The van der Waals surface area contributed by atoms with Gasteiger partial charge in [-0.1, -0.05) is 45.7 Å². The highest BCUT2D eigenvalue weighted by Crippen LogP contribution is 2.36. The van der Waals surface area contributed by atoms with Crippen LogP contribution >= 0.6 is 39.3 Å². The number of rotatable bonds is 6. The molecule has 1 heterocycles. The summed E-state index contributed by atoms with van der Waals surface area (Å²) in [5, 5.41) is 11.2. The molecular weight excluding hydrogens is 560 g/mol. The van der Waals surface area contributed by atoms with Crippen LogP contribution in [0.1, 0.15) is 21.5 Å². The van der Waals surface area contributed by atoms with E-state index in [1.807, 2.05) is 0 Å². The minimum atomic E-state index is -0.622. The molecule has 1 aliphatic rings. The van der Waals surface area contributed by atoms with E-state index in [1.54, 1.807) is 36.4 Å². The molecule has 8 nitrogen and oxygen atoms in total. The van der Waals surface area contributed by atoms with Crippen molar-refractivity contribution in [2.45, 2.75) is 6.54 Å². The van der Waals surface area contributed by atoms with Crippen molar-refractivity contribution in [1.29, 1.82) is 0 Å². The Bertz CT molecular complexity index is 1390. The van der Waals surface area contributed by atoms with Gasteiger partial charge in [0.15, 0.2) is 0 Å². The summed E-state index contributed by atoms with van der Waals surface area (Å²) in [7, 11) is 0. The number of nitro benzene ring substituents is 1. The average molecular weight is 574 g/mol. The molecular formula is C24H14BrClN2O6S. The molecule has 4 rings (SSSR count). The maximum Gasteiger partial charge on any atom is 0.343 e. The van der Waals surface area contributed by atoms with E-state index < -0.39 is 22.0 Å². The molecule has 11 heteroatoms. The molecule has 0 bridgehead atoms. The summed E-state index contributed by atoms with van der Waals surface area (Å²) in [4.78, 5) is 49.9. The first-order chi connectivity index (χ1) is 16.7. The lowest BCUT2D eigenvalue weighted by molar-refractivity contribution is -0.385. The highest BCUT2D eigenvalue weighted by Gasteiger charge is 2.36. The van der Waals surface area contributed by atoms with Crippen molar-refractivity contribution in [3.63, 3.8) is 0 Å². The van der Waals surface area contributed by atoms with E-state index in [1.165, 1.54) is 36.4 Å². The molecule has 0 aliphatic carbocycles. The number of benzene rings is 3. The molecule has 3 aromatic carbocycles. The van der Waals surface area contributed by atoms with Crippen molar-refractivity contribution in [1.82, 2.24) is 4.90 Å². The number of esters is 1. The average Bonchev–Trinajstić information content (AvgIpc) is 3.08. The molecule has 0 unspecified atom stereocenters. The third-order valence-corrected chi connectivity index (χ3v) is 6.58. The summed E-state index contributed by atoms with van der Waals surface area (Å²) in [6.07, 6.45) is 1.44. The van der Waals surface area contributed by atoms with Gasteiger partial charge in [0.1, 0.15) is 5.75 Å². The Morgan fingerprint density at radius 1 is 1.11 bits per heavy atom. The summed E-state index contributed by atoms with van der Waals surface area (Å²) < 4.78 is 6.18. The summed E-state index contributed by atoms with van der Waals surface area (Å²) in [6.45, 7) is -0.240. The van der Waals surface area contributed by atoms with Gasteiger partial charge >= 0.3 is 5.97 Å². The van der Waals surface area contributed by atoms with Crippen LogP contribution in [0.2, 0.25) is 5.02 Å². The number of nitro groups is 1. The molecule has 0 saturated carbocycles. The monoisotopic (exact) mass is 572 g/mol. The lowest BCUT2D eigenvalue weighted by Gasteiger charge is -2.12. The van der Waals surface area contributed by atoms with Crippen molar-refractivity contribution >= 4 is 68.2 Å². The normalized spacial score (nSPS) is 14.5. The zero-order valence-corrected chi connectivity index (χ0v) is 20.8. The number of halogens is 2. The number of carbonyl (C=O) groups is 3. The predicted octanol–water partition coefficient (Wildman–Crippen LogP) is 6.47. The molecule has 35 heavy (non-hydrogen) atoms. The van der Waals surface area contributed by atoms with Gasteiger partial charge in [-0.25, -0.2) is 4.79 Å². The van der Waals surface area contributed by atoms with Gasteiger partial charge in [0.05, 0.1) is 21.9 Å². The van der Waals surface area contributed by atoms with Gasteiger partial charge in [-0.2, -0.15) is 0 Å². The first kappa shape index (κ1) is 24.6. The summed E-state index contributed by atoms with van der Waals surface area (Å²) in [6, 6.07) is 17.0. The third-order valence-electron chi connectivity index (χ3n) is 4.93. The first-order valence-corrected chi connectivity index (χ1v) is 12.0. The maximum absolute atomic E-state index is 13.0. The minimum absolute atomic E-state index is 0.0930. The van der Waals surface area contributed by atoms with Crippen LogP contribution in [0.4, 0.5) is 10.5 Å². The molecule has 0 radical (unpaired) electrons. The minimum Gasteiger partial charge on any atom is -0.422 e. The molecule has 2 amide bonds. The number of imide groups is 1. The van der Waals surface area contributed by atoms with Gasteiger partial charge in [0, 0.05) is 26.7 Å². The van der Waals surface area contributed by atoms with Gasteiger partial charge in [-0.05, 0) is 60.3 Å². The van der Waals surface area contributed by atoms with Gasteiger partial charge in [0.25, 0.3) is 16.8 Å². The van der Waals surface area contributed by atoms with Gasteiger partial charge < -0.3 is 4.74 Å². The number of para-hydroxylation sites is 1. The molecule has 0 spiro atoms. The third kappa shape index (κ3) is 5.61. The zero-order chi connectivity index (χ0) is 25.1. The maximum atomic E-state index is 13.0. The molecule has 0 atom stereocenters. The number of hydrogen-bond acceptors (Lipinski definition) is 7. The van der Waals surface area contributed by atoms with Crippen LogP contribution in [-0.4, -0.2) is 26.9 Å². The number of hydrogen-bond donors (Lipinski definition) is 0. The van der Waals surface area contributed by atoms with E-state index in [2.05, 4.69) is 15.9 Å². The molecule has 0 aromatic heterocycles. The van der Waals surface area contributed by atoms with E-state index in [4.69, 9.17) is 16.3 Å². The topological polar surface area (TPSA) is 107 Å². The number of nitrogens with zero attached hydrogens (tertiary/aromatic N) is 2. The number of carbonyl (C=O) groups excluding carboxylic acids is 3. The second-order valence-electron chi connectivity index (χ2n) is 7.23. The van der Waals surface area contributed by atoms with Crippen molar-refractivity contribution < 1.29 is 24.0 Å². The van der Waals surface area contributed by atoms with E-state index >= 15 is 0 Å². The molecule has 3 aromatic rings. The fourth-order valence-electron chi connectivity index (χ4n) is 3.24. The molecule has 1 aliphatic heterocycles. The number of ether oxygens (including phenoxy) is 1. The summed E-state index contributed by atoms with van der Waals surface area (Å²) >= 11 is 9.91. The Morgan fingerprint density at radius 2 is 1.83 bits per heavy atom. The Balaban J connectivity index is 1.60. The van der Waals surface area contributed by atoms with E-state index in [9.17, 15) is 24.5 Å². The molecule has 0 N–H and O–H groups in total. The highest BCUT2D eigenvalue weighted by molar-refractivity contribution is 9.10. The first-order valence-electron chi connectivity index (χ1n) is 9.98. The van der Waals surface area contributed by atoms with Gasteiger partial charge in [0.2, 0.25) is 0 Å². The van der Waals surface area contributed by atoms with E-state index in [0.29, 0.717) is 26.8 Å². The largest absolute Gasteiger partial charge is 0.422 e. The fourth-order valence-corrected chi connectivity index (χ4v) is 4.57. The standard InChI is InChI=1S/C24H14BrClN2O6S/c25-17-7-10-20(34-23(30)14-5-8-18(26)9-6-14)16(11-17)12-21-22(29)27(24(31)35-21)13-15-3-1-2-4-19(15)28(32)33/h1-12H,13H2/b21-12-. The van der Waals surface area contributed by atoms with Crippen molar-refractivity contribution in [2.24, 2.45) is 0 Å². The molecule has 176 valence electrons. The number of thioether (sulfide) groups is 1. The van der Waals surface area contributed by atoms with Crippen LogP contribution in [0.15, 0.2) is 76.1 Å². The van der Waals surface area contributed by atoms with E-state index in [0.717, 1.165) is 4.90 Å². The number of amides is 2. The van der Waals surface area contributed by atoms with Crippen LogP contribution in [-0.2, 0) is 11.3 Å². The lowest BCUT2D eigenvalue weighted by Crippen LogP contribution is -2.27. The van der Waals surface area contributed by atoms with Crippen LogP contribution in [0.25, 0.3) is 6.08 Å². The molecule has 1 saturated heterocycles. The second kappa shape index (κ2) is 10.4. The fraction of sp³-hybridized carbons (Fsp3) is 0.0417. The van der Waals surface area contributed by atoms with Crippen LogP contribution in [0.3, 0.4) is 0 Å². The zero-order valence-electron chi connectivity index (χ0n) is 17.6. The Morgan fingerprint density at radius 3 is 2.54 bits per heavy atom. The Kier molecular flexibility index (Phi) is 7.34. The van der Waals surface area contributed by atoms with Crippen molar-refractivity contribution in [3.8, 4) is 5.75 Å². The smallest absolute Gasteiger partial charge is 0.343 e. The van der Waals surface area contributed by atoms with E-state index in [-0.39, 0.29) is 34.0 Å². The Labute approximate surface area is 216 Å². The SMILES string of the molecule is O=C(Oc1ccc(Br)cc1/C=C1\SC(=O)N(Cc2ccccc2[N+](=O)[O-])C1=O)c1ccc(Cl)cc1. The van der Waals surface area contributed by atoms with Crippen LogP contribution < -0.4 is 4.74 Å².